The van der Waals surface area contributed by atoms with Gasteiger partial charge in [0.25, 0.3) is 0 Å². The zero-order valence-corrected chi connectivity index (χ0v) is 15.4. The molecule has 1 heterocycles. The fourth-order valence-corrected chi connectivity index (χ4v) is 6.57. The standard InChI is InChI=1S/C22H30N2O2/c25-19-11-20(24(13-19)12-14-4-2-1-3-5-14)22(26)23-21-17-7-15-6-16(9-17)10-18(21)8-15/h1-5,15-21,25H,6-13H2,(H,23,26)/t15?,16?,17?,18?,19-,20-,21?/m1/s1. The van der Waals surface area contributed by atoms with Crippen molar-refractivity contribution in [2.45, 2.75) is 63.3 Å². The van der Waals surface area contributed by atoms with Crippen molar-refractivity contribution in [2.24, 2.45) is 23.7 Å². The number of carbonyl (C=O) groups is 1. The fraction of sp³-hybridized carbons (Fsp3) is 0.682. The van der Waals surface area contributed by atoms with E-state index in [0.717, 1.165) is 18.4 Å². The van der Waals surface area contributed by atoms with Gasteiger partial charge >= 0.3 is 0 Å². The van der Waals surface area contributed by atoms with Gasteiger partial charge in [-0.3, -0.25) is 9.69 Å². The highest BCUT2D eigenvalue weighted by atomic mass is 16.3. The average molecular weight is 354 g/mol. The van der Waals surface area contributed by atoms with Gasteiger partial charge < -0.3 is 10.4 Å². The molecule has 0 spiro atoms. The van der Waals surface area contributed by atoms with Crippen LogP contribution in [0.25, 0.3) is 0 Å². The molecule has 2 atom stereocenters. The first-order chi connectivity index (χ1) is 12.7. The van der Waals surface area contributed by atoms with Crippen LogP contribution >= 0.6 is 0 Å². The number of likely N-dealkylation sites (tertiary alicyclic amines) is 1. The van der Waals surface area contributed by atoms with Crippen molar-refractivity contribution in [1.29, 1.82) is 0 Å². The van der Waals surface area contributed by atoms with E-state index in [1.165, 1.54) is 37.7 Å². The van der Waals surface area contributed by atoms with Gasteiger partial charge in [0.15, 0.2) is 0 Å². The maximum Gasteiger partial charge on any atom is 0.237 e. The van der Waals surface area contributed by atoms with E-state index >= 15 is 0 Å². The lowest BCUT2D eigenvalue weighted by atomic mass is 9.54. The number of benzene rings is 1. The highest BCUT2D eigenvalue weighted by molar-refractivity contribution is 5.82. The van der Waals surface area contributed by atoms with Crippen molar-refractivity contribution in [3.05, 3.63) is 35.9 Å². The predicted octanol–water partition coefficient (Wildman–Crippen LogP) is 2.56. The molecule has 4 nitrogen and oxygen atoms in total. The molecule has 0 unspecified atom stereocenters. The lowest BCUT2D eigenvalue weighted by molar-refractivity contribution is -0.129. The van der Waals surface area contributed by atoms with Crippen LogP contribution in [-0.4, -0.2) is 40.6 Å². The molecule has 6 rings (SSSR count). The molecule has 1 aromatic rings. The fourth-order valence-electron chi connectivity index (χ4n) is 6.57. The zero-order valence-electron chi connectivity index (χ0n) is 15.4. The summed E-state index contributed by atoms with van der Waals surface area (Å²) in [6.45, 7) is 1.33. The van der Waals surface area contributed by atoms with Gasteiger partial charge in [-0.1, -0.05) is 30.3 Å². The Hall–Kier alpha value is -1.39. The molecule has 4 heteroatoms. The summed E-state index contributed by atoms with van der Waals surface area (Å²) in [5.74, 6) is 3.39. The Morgan fingerprint density at radius 1 is 1.00 bits per heavy atom. The Balaban J connectivity index is 1.27. The number of carbonyl (C=O) groups excluding carboxylic acids is 1. The Morgan fingerprint density at radius 3 is 2.31 bits per heavy atom. The van der Waals surface area contributed by atoms with Gasteiger partial charge in [-0.2, -0.15) is 0 Å². The molecule has 1 aromatic carbocycles. The quantitative estimate of drug-likeness (QED) is 0.874. The lowest BCUT2D eigenvalue weighted by Gasteiger charge is -2.54. The lowest BCUT2D eigenvalue weighted by Crippen LogP contribution is -2.58. The molecule has 5 fully saturated rings. The summed E-state index contributed by atoms with van der Waals surface area (Å²) in [5, 5.41) is 13.6. The van der Waals surface area contributed by atoms with Crippen LogP contribution in [0.4, 0.5) is 0 Å². The Morgan fingerprint density at radius 2 is 1.65 bits per heavy atom. The first-order valence-corrected chi connectivity index (χ1v) is 10.4. The molecular formula is C22H30N2O2. The molecule has 1 saturated heterocycles. The van der Waals surface area contributed by atoms with Crippen LogP contribution in [0, 0.1) is 23.7 Å². The van der Waals surface area contributed by atoms with Crippen molar-refractivity contribution in [2.75, 3.05) is 6.54 Å². The number of aliphatic hydroxyl groups is 1. The largest absolute Gasteiger partial charge is 0.392 e. The molecular weight excluding hydrogens is 324 g/mol. The molecule has 0 aromatic heterocycles. The van der Waals surface area contributed by atoms with Crippen molar-refractivity contribution < 1.29 is 9.90 Å². The summed E-state index contributed by atoms with van der Waals surface area (Å²) in [5.41, 5.74) is 1.20. The third-order valence-corrected chi connectivity index (χ3v) is 7.45. The monoisotopic (exact) mass is 354 g/mol. The number of β-amino-alcohol motifs (C(OH)–C–C–N with tert-alkyl or cyclic N) is 1. The minimum absolute atomic E-state index is 0.148. The Bertz CT molecular complexity index is 633. The van der Waals surface area contributed by atoms with Crippen LogP contribution in [0.3, 0.4) is 0 Å². The van der Waals surface area contributed by atoms with Crippen molar-refractivity contribution in [3.8, 4) is 0 Å². The number of rotatable bonds is 4. The molecule has 140 valence electrons. The summed E-state index contributed by atoms with van der Waals surface area (Å²) in [4.78, 5) is 15.3. The number of nitrogens with one attached hydrogen (secondary N) is 1. The molecule has 1 amide bonds. The van der Waals surface area contributed by atoms with Gasteiger partial charge in [0, 0.05) is 19.1 Å². The summed E-state index contributed by atoms with van der Waals surface area (Å²) in [6, 6.07) is 10.5. The summed E-state index contributed by atoms with van der Waals surface area (Å²) >= 11 is 0. The molecule has 26 heavy (non-hydrogen) atoms. The molecule has 5 aliphatic rings. The van der Waals surface area contributed by atoms with E-state index in [4.69, 9.17) is 0 Å². The molecule has 1 aliphatic heterocycles. The van der Waals surface area contributed by atoms with Crippen molar-refractivity contribution in [1.82, 2.24) is 10.2 Å². The third-order valence-electron chi connectivity index (χ3n) is 7.45. The van der Waals surface area contributed by atoms with Gasteiger partial charge in [-0.25, -0.2) is 0 Å². The van der Waals surface area contributed by atoms with Gasteiger partial charge in [0.05, 0.1) is 12.1 Å². The first kappa shape index (κ1) is 16.8. The van der Waals surface area contributed by atoms with E-state index < -0.39 is 6.10 Å². The first-order valence-electron chi connectivity index (χ1n) is 10.4. The van der Waals surface area contributed by atoms with Gasteiger partial charge in [0.1, 0.15) is 0 Å². The summed E-state index contributed by atoms with van der Waals surface area (Å²) < 4.78 is 0. The zero-order chi connectivity index (χ0) is 17.7. The van der Waals surface area contributed by atoms with Gasteiger partial charge in [-0.15, -0.1) is 0 Å². The number of aliphatic hydroxyl groups excluding tert-OH is 1. The van der Waals surface area contributed by atoms with E-state index in [9.17, 15) is 9.90 Å². The third kappa shape index (κ3) is 3.07. The number of amides is 1. The maximum atomic E-state index is 13.1. The number of hydrogen-bond donors (Lipinski definition) is 2. The minimum atomic E-state index is -0.395. The van der Waals surface area contributed by atoms with Crippen LogP contribution in [0.2, 0.25) is 0 Å². The van der Waals surface area contributed by atoms with Gasteiger partial charge in [0.2, 0.25) is 5.91 Å². The van der Waals surface area contributed by atoms with Crippen LogP contribution in [0.1, 0.15) is 44.1 Å². The SMILES string of the molecule is O=C(NC1C2CC3CC(C2)CC1C3)[C@H]1C[C@@H](O)CN1Cc1ccccc1. The average Bonchev–Trinajstić information content (AvgIpc) is 2.98. The maximum absolute atomic E-state index is 13.1. The number of hydrogen-bond acceptors (Lipinski definition) is 3. The van der Waals surface area contributed by atoms with E-state index in [1.807, 2.05) is 18.2 Å². The van der Waals surface area contributed by atoms with Crippen molar-refractivity contribution in [3.63, 3.8) is 0 Å². The molecule has 2 N–H and O–H groups in total. The molecule has 4 aliphatic carbocycles. The topological polar surface area (TPSA) is 52.6 Å². The second-order valence-corrected chi connectivity index (χ2v) is 9.29. The second kappa shape index (κ2) is 6.65. The molecule has 4 bridgehead atoms. The second-order valence-electron chi connectivity index (χ2n) is 9.29. The predicted molar refractivity (Wildman–Crippen MR) is 100 cm³/mol. The van der Waals surface area contributed by atoms with E-state index in [1.54, 1.807) is 0 Å². The van der Waals surface area contributed by atoms with Gasteiger partial charge in [-0.05, 0) is 67.8 Å². The van der Waals surface area contributed by atoms with Crippen LogP contribution < -0.4 is 5.32 Å². The highest BCUT2D eigenvalue weighted by Gasteiger charge is 2.49. The van der Waals surface area contributed by atoms with E-state index in [-0.39, 0.29) is 11.9 Å². The normalized spacial score (nSPS) is 41.5. The number of nitrogens with zero attached hydrogens (tertiary/aromatic N) is 1. The van der Waals surface area contributed by atoms with Crippen LogP contribution in [0.5, 0.6) is 0 Å². The highest BCUT2D eigenvalue weighted by Crippen LogP contribution is 2.53. The Labute approximate surface area is 156 Å². The van der Waals surface area contributed by atoms with Crippen LogP contribution in [-0.2, 0) is 11.3 Å². The summed E-state index contributed by atoms with van der Waals surface area (Å²) in [6.07, 6.45) is 6.88. The summed E-state index contributed by atoms with van der Waals surface area (Å²) in [7, 11) is 0. The smallest absolute Gasteiger partial charge is 0.237 e. The van der Waals surface area contributed by atoms with Crippen LogP contribution in [0.15, 0.2) is 30.3 Å². The Kier molecular flexibility index (Phi) is 4.29. The minimum Gasteiger partial charge on any atom is -0.392 e. The molecule has 0 radical (unpaired) electrons. The van der Waals surface area contributed by atoms with E-state index in [0.29, 0.717) is 30.8 Å². The van der Waals surface area contributed by atoms with Crippen molar-refractivity contribution >= 4 is 5.91 Å². The van der Waals surface area contributed by atoms with E-state index in [2.05, 4.69) is 22.3 Å². The molecule has 4 saturated carbocycles.